The number of benzene rings is 2. The maximum atomic E-state index is 12.7. The lowest BCUT2D eigenvalue weighted by atomic mass is 9.94. The van der Waals surface area contributed by atoms with Gasteiger partial charge in [-0.3, -0.25) is 9.59 Å². The van der Waals surface area contributed by atoms with Crippen LogP contribution in [0.1, 0.15) is 17.5 Å². The number of ketones is 2. The summed E-state index contributed by atoms with van der Waals surface area (Å²) in [4.78, 5) is 25.3. The fraction of sp³-hybridized carbons (Fsp3) is 0.280. The summed E-state index contributed by atoms with van der Waals surface area (Å²) in [6.45, 7) is -0.324. The highest BCUT2D eigenvalue weighted by Crippen LogP contribution is 2.29. The molecule has 176 valence electrons. The normalized spacial score (nSPS) is 12.1. The van der Waals surface area contributed by atoms with Gasteiger partial charge >= 0.3 is 0 Å². The number of aromatic hydroxyl groups is 1. The molecule has 0 heterocycles. The Kier molecular flexibility index (Phi) is 10.1. The third-order valence-corrected chi connectivity index (χ3v) is 4.73. The van der Waals surface area contributed by atoms with E-state index in [0.717, 1.165) is 0 Å². The molecule has 33 heavy (non-hydrogen) atoms. The molecule has 1 unspecified atom stereocenters. The quantitative estimate of drug-likeness (QED) is 0.311. The first-order valence-corrected chi connectivity index (χ1v) is 10.3. The summed E-state index contributed by atoms with van der Waals surface area (Å²) in [7, 11) is 2.90. The van der Waals surface area contributed by atoms with Crippen LogP contribution in [0.15, 0.2) is 48.6 Å². The number of aliphatic hydroxyl groups is 2. The summed E-state index contributed by atoms with van der Waals surface area (Å²) in [5, 5.41) is 27.9. The van der Waals surface area contributed by atoms with Crippen molar-refractivity contribution < 1.29 is 39.1 Å². The van der Waals surface area contributed by atoms with E-state index in [0.29, 0.717) is 22.6 Å². The Bertz CT molecular complexity index is 1010. The molecule has 0 aliphatic carbocycles. The van der Waals surface area contributed by atoms with E-state index < -0.39 is 17.5 Å². The van der Waals surface area contributed by atoms with Crippen LogP contribution in [0.25, 0.3) is 12.2 Å². The van der Waals surface area contributed by atoms with E-state index in [1.54, 1.807) is 36.4 Å². The van der Waals surface area contributed by atoms with Gasteiger partial charge in [0.2, 0.25) is 0 Å². The van der Waals surface area contributed by atoms with Crippen LogP contribution in [0, 0.1) is 5.92 Å². The summed E-state index contributed by atoms with van der Waals surface area (Å²) in [6.07, 6.45) is 5.61. The van der Waals surface area contributed by atoms with Crippen LogP contribution in [-0.2, 0) is 9.59 Å². The molecule has 1 atom stereocenters. The number of phenols is 1. The Hall–Kier alpha value is -3.62. The molecular weight excluding hydrogens is 428 g/mol. The summed E-state index contributed by atoms with van der Waals surface area (Å²) in [6, 6.07) is 9.63. The van der Waals surface area contributed by atoms with E-state index in [-0.39, 0.29) is 37.7 Å². The summed E-state index contributed by atoms with van der Waals surface area (Å²) < 4.78 is 15.7. The Labute approximate surface area is 192 Å². The van der Waals surface area contributed by atoms with Gasteiger partial charge in [0.05, 0.1) is 26.7 Å². The fourth-order valence-corrected chi connectivity index (χ4v) is 3.00. The van der Waals surface area contributed by atoms with Gasteiger partial charge in [-0.15, -0.1) is 0 Å². The molecule has 0 aliphatic rings. The van der Waals surface area contributed by atoms with Crippen molar-refractivity contribution in [2.24, 2.45) is 5.92 Å². The molecule has 0 saturated heterocycles. The monoisotopic (exact) mass is 456 g/mol. The van der Waals surface area contributed by atoms with Gasteiger partial charge in [0.1, 0.15) is 6.61 Å². The SMILES string of the molecule is COc1cc(/C=C/C(=O)C(CCO)C(=O)/C=C/c2ccc(OCCO)c(OC)c2)ccc1O. The van der Waals surface area contributed by atoms with Crippen molar-refractivity contribution in [3.05, 3.63) is 59.7 Å². The van der Waals surface area contributed by atoms with Gasteiger partial charge in [0.25, 0.3) is 0 Å². The number of rotatable bonds is 13. The van der Waals surface area contributed by atoms with E-state index in [1.807, 2.05) is 0 Å². The number of hydrogen-bond donors (Lipinski definition) is 3. The van der Waals surface area contributed by atoms with Crippen LogP contribution in [0.2, 0.25) is 0 Å². The first kappa shape index (κ1) is 25.6. The van der Waals surface area contributed by atoms with Gasteiger partial charge in [-0.2, -0.15) is 0 Å². The second kappa shape index (κ2) is 13.0. The van der Waals surface area contributed by atoms with E-state index in [9.17, 15) is 19.8 Å². The van der Waals surface area contributed by atoms with E-state index >= 15 is 0 Å². The highest BCUT2D eigenvalue weighted by molar-refractivity contribution is 6.13. The van der Waals surface area contributed by atoms with Crippen LogP contribution in [0.3, 0.4) is 0 Å². The molecule has 3 N–H and O–H groups in total. The molecule has 0 saturated carbocycles. The molecule has 0 aliphatic heterocycles. The van der Waals surface area contributed by atoms with E-state index in [4.69, 9.17) is 19.3 Å². The van der Waals surface area contributed by atoms with Gasteiger partial charge < -0.3 is 29.5 Å². The van der Waals surface area contributed by atoms with Crippen molar-refractivity contribution in [3.63, 3.8) is 0 Å². The van der Waals surface area contributed by atoms with Gasteiger partial charge in [0, 0.05) is 6.61 Å². The molecule has 0 spiro atoms. The third kappa shape index (κ3) is 7.48. The largest absolute Gasteiger partial charge is 0.504 e. The number of ether oxygens (including phenoxy) is 3. The minimum absolute atomic E-state index is 0.0114. The smallest absolute Gasteiger partial charge is 0.166 e. The second-order valence-corrected chi connectivity index (χ2v) is 6.95. The predicted octanol–water partition coefficient (Wildman–Crippen LogP) is 2.64. The minimum atomic E-state index is -1.03. The molecule has 2 aromatic rings. The predicted molar refractivity (Wildman–Crippen MR) is 124 cm³/mol. The highest BCUT2D eigenvalue weighted by atomic mass is 16.5. The molecular formula is C25H28O8. The molecule has 0 radical (unpaired) electrons. The summed E-state index contributed by atoms with van der Waals surface area (Å²) in [5.74, 6) is -0.788. The van der Waals surface area contributed by atoms with Crippen LogP contribution < -0.4 is 14.2 Å². The topological polar surface area (TPSA) is 123 Å². The lowest BCUT2D eigenvalue weighted by Crippen LogP contribution is -2.22. The van der Waals surface area contributed by atoms with Crippen molar-refractivity contribution >= 4 is 23.7 Å². The molecule has 0 amide bonds. The summed E-state index contributed by atoms with van der Waals surface area (Å²) in [5.41, 5.74) is 1.26. The molecule has 8 nitrogen and oxygen atoms in total. The first-order chi connectivity index (χ1) is 15.9. The van der Waals surface area contributed by atoms with Crippen molar-refractivity contribution in [2.45, 2.75) is 6.42 Å². The van der Waals surface area contributed by atoms with Crippen molar-refractivity contribution in [1.29, 1.82) is 0 Å². The van der Waals surface area contributed by atoms with Crippen molar-refractivity contribution in [3.8, 4) is 23.0 Å². The lowest BCUT2D eigenvalue weighted by molar-refractivity contribution is -0.128. The van der Waals surface area contributed by atoms with Crippen LogP contribution in [-0.4, -0.2) is 60.9 Å². The first-order valence-electron chi connectivity index (χ1n) is 10.3. The number of allylic oxidation sites excluding steroid dienone is 2. The van der Waals surface area contributed by atoms with Crippen molar-refractivity contribution in [1.82, 2.24) is 0 Å². The van der Waals surface area contributed by atoms with Gasteiger partial charge in [-0.05, 0) is 54.0 Å². The second-order valence-electron chi connectivity index (χ2n) is 6.95. The van der Waals surface area contributed by atoms with Gasteiger partial charge in [-0.1, -0.05) is 24.3 Å². The standard InChI is InChI=1S/C25H28O8/c1-31-24-15-17(5-9-22(24)30)3-7-20(28)19(11-12-26)21(29)8-4-18-6-10-23(33-14-13-27)25(16-18)32-2/h3-10,15-16,19,26-27,30H,11-14H2,1-2H3/b7-3+,8-4+. The summed E-state index contributed by atoms with van der Waals surface area (Å²) >= 11 is 0. The third-order valence-electron chi connectivity index (χ3n) is 4.73. The Morgan fingerprint density at radius 1 is 0.848 bits per heavy atom. The van der Waals surface area contributed by atoms with Crippen LogP contribution >= 0.6 is 0 Å². The fourth-order valence-electron chi connectivity index (χ4n) is 3.00. The Morgan fingerprint density at radius 3 is 1.97 bits per heavy atom. The lowest BCUT2D eigenvalue weighted by Gasteiger charge is -2.11. The van der Waals surface area contributed by atoms with Crippen molar-refractivity contribution in [2.75, 3.05) is 34.0 Å². The maximum Gasteiger partial charge on any atom is 0.166 e. The number of hydrogen-bond acceptors (Lipinski definition) is 8. The Balaban J connectivity index is 2.14. The van der Waals surface area contributed by atoms with E-state index in [2.05, 4.69) is 0 Å². The number of carbonyl (C=O) groups excluding carboxylic acids is 2. The average Bonchev–Trinajstić information content (AvgIpc) is 2.83. The molecule has 8 heteroatoms. The molecule has 0 fully saturated rings. The minimum Gasteiger partial charge on any atom is -0.504 e. The number of aliphatic hydroxyl groups excluding tert-OH is 2. The number of phenolic OH excluding ortho intramolecular Hbond substituents is 1. The van der Waals surface area contributed by atoms with Crippen LogP contribution in [0.5, 0.6) is 23.0 Å². The van der Waals surface area contributed by atoms with Gasteiger partial charge in [-0.25, -0.2) is 0 Å². The van der Waals surface area contributed by atoms with Crippen LogP contribution in [0.4, 0.5) is 0 Å². The number of carbonyl (C=O) groups is 2. The van der Waals surface area contributed by atoms with Gasteiger partial charge in [0.15, 0.2) is 34.6 Å². The molecule has 0 aromatic heterocycles. The zero-order valence-corrected chi connectivity index (χ0v) is 18.6. The zero-order chi connectivity index (χ0) is 24.2. The molecule has 2 rings (SSSR count). The Morgan fingerprint density at radius 2 is 1.42 bits per heavy atom. The highest BCUT2D eigenvalue weighted by Gasteiger charge is 2.22. The number of methoxy groups -OCH3 is 2. The maximum absolute atomic E-state index is 12.7. The average molecular weight is 456 g/mol. The zero-order valence-electron chi connectivity index (χ0n) is 18.6. The molecule has 0 bridgehead atoms. The molecule has 2 aromatic carbocycles. The van der Waals surface area contributed by atoms with E-state index in [1.165, 1.54) is 38.5 Å².